The molecule has 4 aromatic rings. The Bertz CT molecular complexity index is 2060. The topological polar surface area (TPSA) is 199 Å². The maximum Gasteiger partial charge on any atom is 0.408 e. The summed E-state index contributed by atoms with van der Waals surface area (Å²) >= 11 is 0. The molecule has 4 atom stereocenters. The van der Waals surface area contributed by atoms with Crippen LogP contribution in [-0.4, -0.2) is 72.2 Å². The highest BCUT2D eigenvalue weighted by Gasteiger charge is 2.30. The zero-order valence-electron chi connectivity index (χ0n) is 36.5. The third-order valence-electron chi connectivity index (χ3n) is 9.34. The molecular weight excluding hydrogens is 807 g/mol. The maximum atomic E-state index is 13.8. The van der Waals surface area contributed by atoms with Crippen LogP contribution >= 0.6 is 0 Å². The van der Waals surface area contributed by atoms with E-state index in [0.717, 1.165) is 16.7 Å². The summed E-state index contributed by atoms with van der Waals surface area (Å²) in [5.41, 5.74) is 2.47. The molecule has 336 valence electrons. The molecule has 0 saturated heterocycles. The molecule has 0 unspecified atom stereocenters. The molecule has 0 saturated carbocycles. The molecule has 0 bridgehead atoms. The summed E-state index contributed by atoms with van der Waals surface area (Å²) in [6.07, 6.45) is -0.441. The summed E-state index contributed by atoms with van der Waals surface area (Å²) < 4.78 is 22.0. The highest BCUT2D eigenvalue weighted by Crippen LogP contribution is 2.16. The standard InChI is InChI=1S/C48H59N5O10/c1-33(50-44(56)41(53-47(59)63-48(3,4)5)29-35-24-26-39(27-25-35)60-30-36-17-9-6-10-18-36)42(54)52-40(23-15-16-28-49-46(58)62-32-38-21-13-8-14-22-38)43(55)51-34(2)45(57)61-31-37-19-11-7-12-20-37/h6-14,17-22,24-27,33-34,40-41H,15-16,23,28-32H2,1-5H3,(H,49,58)(H,50,56)(H,51,55)(H,52,54)(H,53,59)/t33-,34-,40+,41+/m1/s1. The zero-order chi connectivity index (χ0) is 45.6. The number of amides is 5. The van der Waals surface area contributed by atoms with Gasteiger partial charge < -0.3 is 45.5 Å². The Morgan fingerprint density at radius 3 is 1.62 bits per heavy atom. The lowest BCUT2D eigenvalue weighted by Crippen LogP contribution is -2.57. The highest BCUT2D eigenvalue weighted by molar-refractivity contribution is 5.94. The first-order chi connectivity index (χ1) is 30.1. The van der Waals surface area contributed by atoms with E-state index in [9.17, 15) is 28.8 Å². The van der Waals surface area contributed by atoms with Crippen LogP contribution in [0.2, 0.25) is 0 Å². The molecular formula is C48H59N5O10. The van der Waals surface area contributed by atoms with Gasteiger partial charge in [-0.25, -0.2) is 14.4 Å². The first-order valence-corrected chi connectivity index (χ1v) is 21.0. The van der Waals surface area contributed by atoms with Crippen LogP contribution in [-0.2, 0) is 59.6 Å². The van der Waals surface area contributed by atoms with Crippen molar-refractivity contribution in [2.45, 2.75) is 110 Å². The van der Waals surface area contributed by atoms with Crippen molar-refractivity contribution < 1.29 is 47.7 Å². The van der Waals surface area contributed by atoms with Crippen LogP contribution in [0.15, 0.2) is 115 Å². The van der Waals surface area contributed by atoms with Gasteiger partial charge in [-0.1, -0.05) is 103 Å². The molecule has 0 aliphatic carbocycles. The van der Waals surface area contributed by atoms with Crippen LogP contribution in [0, 0.1) is 0 Å². The van der Waals surface area contributed by atoms with E-state index >= 15 is 0 Å². The SMILES string of the molecule is C[C@@H](NC(=O)[C@H](Cc1ccc(OCc2ccccc2)cc1)NC(=O)OC(C)(C)C)C(=O)N[C@@H](CCCCNC(=O)OCc1ccccc1)C(=O)N[C@H](C)C(=O)OCc1ccccc1. The van der Waals surface area contributed by atoms with Gasteiger partial charge in [-0.3, -0.25) is 14.4 Å². The van der Waals surface area contributed by atoms with E-state index in [-0.39, 0.29) is 32.6 Å². The zero-order valence-corrected chi connectivity index (χ0v) is 36.5. The van der Waals surface area contributed by atoms with Crippen LogP contribution in [0.25, 0.3) is 0 Å². The quantitative estimate of drug-likeness (QED) is 0.0353. The van der Waals surface area contributed by atoms with Crippen molar-refractivity contribution in [3.05, 3.63) is 138 Å². The highest BCUT2D eigenvalue weighted by atomic mass is 16.6. The molecule has 4 aromatic carbocycles. The Morgan fingerprint density at radius 2 is 1.05 bits per heavy atom. The Hall–Kier alpha value is -6.90. The first kappa shape index (κ1) is 48.8. The van der Waals surface area contributed by atoms with E-state index in [1.54, 1.807) is 57.2 Å². The minimum Gasteiger partial charge on any atom is -0.489 e. The summed E-state index contributed by atoms with van der Waals surface area (Å²) in [5.74, 6) is -2.07. The van der Waals surface area contributed by atoms with E-state index in [1.807, 2.05) is 78.9 Å². The van der Waals surface area contributed by atoms with Gasteiger partial charge in [0.1, 0.15) is 55.3 Å². The number of unbranched alkanes of at least 4 members (excludes halogenated alkanes) is 1. The number of nitrogens with one attached hydrogen (secondary N) is 5. The normalized spacial score (nSPS) is 12.8. The molecule has 4 rings (SSSR count). The fourth-order valence-corrected chi connectivity index (χ4v) is 5.97. The lowest BCUT2D eigenvalue weighted by atomic mass is 10.0. The Balaban J connectivity index is 1.37. The van der Waals surface area contributed by atoms with Crippen molar-refractivity contribution in [3.8, 4) is 5.75 Å². The second-order valence-electron chi connectivity index (χ2n) is 15.9. The average Bonchev–Trinajstić information content (AvgIpc) is 3.26. The smallest absolute Gasteiger partial charge is 0.408 e. The molecule has 5 amide bonds. The minimum absolute atomic E-state index is 0.0102. The Kier molecular flexibility index (Phi) is 19.5. The van der Waals surface area contributed by atoms with E-state index in [2.05, 4.69) is 26.6 Å². The average molecular weight is 866 g/mol. The van der Waals surface area contributed by atoms with Crippen molar-refractivity contribution in [1.29, 1.82) is 0 Å². The minimum atomic E-state index is -1.17. The van der Waals surface area contributed by atoms with Crippen molar-refractivity contribution in [1.82, 2.24) is 26.6 Å². The predicted molar refractivity (Wildman–Crippen MR) is 236 cm³/mol. The first-order valence-electron chi connectivity index (χ1n) is 21.0. The number of carbonyl (C=O) groups is 6. The van der Waals surface area contributed by atoms with Crippen LogP contribution in [0.3, 0.4) is 0 Å². The summed E-state index contributed by atoms with van der Waals surface area (Å²) in [6.45, 7) is 8.73. The monoisotopic (exact) mass is 865 g/mol. The molecule has 15 nitrogen and oxygen atoms in total. The van der Waals surface area contributed by atoms with Gasteiger partial charge in [-0.05, 0) is 88.3 Å². The fourth-order valence-electron chi connectivity index (χ4n) is 5.97. The van der Waals surface area contributed by atoms with Crippen LogP contribution in [0.5, 0.6) is 5.75 Å². The van der Waals surface area contributed by atoms with Gasteiger partial charge in [0.25, 0.3) is 0 Å². The van der Waals surface area contributed by atoms with E-state index in [4.69, 9.17) is 18.9 Å². The van der Waals surface area contributed by atoms with Crippen LogP contribution in [0.4, 0.5) is 9.59 Å². The van der Waals surface area contributed by atoms with Gasteiger partial charge in [0.2, 0.25) is 17.7 Å². The third-order valence-corrected chi connectivity index (χ3v) is 9.34. The van der Waals surface area contributed by atoms with Gasteiger partial charge in [0.15, 0.2) is 0 Å². The number of benzene rings is 4. The summed E-state index contributed by atoms with van der Waals surface area (Å²) in [7, 11) is 0. The predicted octanol–water partition coefficient (Wildman–Crippen LogP) is 6.04. The number of carbonyl (C=O) groups excluding carboxylic acids is 6. The number of esters is 1. The maximum absolute atomic E-state index is 13.8. The number of alkyl carbamates (subject to hydrolysis) is 2. The lowest BCUT2D eigenvalue weighted by molar-refractivity contribution is -0.148. The van der Waals surface area contributed by atoms with E-state index in [0.29, 0.717) is 30.8 Å². The summed E-state index contributed by atoms with van der Waals surface area (Å²) in [6, 6.07) is 30.6. The Morgan fingerprint density at radius 1 is 0.524 bits per heavy atom. The lowest BCUT2D eigenvalue weighted by Gasteiger charge is -2.25. The van der Waals surface area contributed by atoms with Crippen LogP contribution in [0.1, 0.15) is 76.1 Å². The number of hydrogen-bond acceptors (Lipinski definition) is 10. The second-order valence-corrected chi connectivity index (χ2v) is 15.9. The number of hydrogen-bond donors (Lipinski definition) is 5. The second kappa shape index (κ2) is 25.1. The van der Waals surface area contributed by atoms with Gasteiger partial charge in [0, 0.05) is 13.0 Å². The molecule has 0 fully saturated rings. The van der Waals surface area contributed by atoms with Crippen molar-refractivity contribution in [3.63, 3.8) is 0 Å². The largest absolute Gasteiger partial charge is 0.489 e. The summed E-state index contributed by atoms with van der Waals surface area (Å²) in [4.78, 5) is 78.9. The van der Waals surface area contributed by atoms with Gasteiger partial charge >= 0.3 is 18.2 Å². The van der Waals surface area contributed by atoms with Crippen molar-refractivity contribution in [2.75, 3.05) is 6.54 Å². The third kappa shape index (κ3) is 18.7. The van der Waals surface area contributed by atoms with Gasteiger partial charge in [-0.15, -0.1) is 0 Å². The number of rotatable bonds is 22. The molecule has 0 aliphatic heterocycles. The molecule has 0 heterocycles. The van der Waals surface area contributed by atoms with Gasteiger partial charge in [0.05, 0.1) is 0 Å². The molecule has 5 N–H and O–H groups in total. The van der Waals surface area contributed by atoms with E-state index in [1.165, 1.54) is 13.8 Å². The van der Waals surface area contributed by atoms with Crippen molar-refractivity contribution >= 4 is 35.9 Å². The van der Waals surface area contributed by atoms with Crippen molar-refractivity contribution in [2.24, 2.45) is 0 Å². The molecule has 0 aromatic heterocycles. The fraction of sp³-hybridized carbons (Fsp3) is 0.375. The molecule has 15 heteroatoms. The number of ether oxygens (including phenoxy) is 4. The van der Waals surface area contributed by atoms with Crippen LogP contribution < -0.4 is 31.3 Å². The molecule has 0 spiro atoms. The Labute approximate surface area is 369 Å². The molecule has 0 radical (unpaired) electrons. The van der Waals surface area contributed by atoms with Gasteiger partial charge in [-0.2, -0.15) is 0 Å². The van der Waals surface area contributed by atoms with E-state index < -0.39 is 65.6 Å². The summed E-state index contributed by atoms with van der Waals surface area (Å²) in [5, 5.41) is 13.3. The molecule has 63 heavy (non-hydrogen) atoms. The molecule has 0 aliphatic rings.